The summed E-state index contributed by atoms with van der Waals surface area (Å²) in [7, 11) is 1.61. The molecule has 28 heavy (non-hydrogen) atoms. The molecular weight excluding hydrogens is 360 g/mol. The van der Waals surface area contributed by atoms with E-state index in [1.54, 1.807) is 7.11 Å². The molecule has 2 heterocycles. The largest absolute Gasteiger partial charge is 0.497 e. The van der Waals surface area contributed by atoms with Crippen LogP contribution in [0, 0.1) is 0 Å². The van der Waals surface area contributed by atoms with Gasteiger partial charge >= 0.3 is 0 Å². The highest BCUT2D eigenvalue weighted by Gasteiger charge is 2.27. The van der Waals surface area contributed by atoms with Gasteiger partial charge in [0.1, 0.15) is 5.75 Å². The maximum atomic E-state index is 12.7. The number of carbonyl (C=O) groups is 1. The molecule has 0 unspecified atom stereocenters. The van der Waals surface area contributed by atoms with Crippen molar-refractivity contribution in [2.24, 2.45) is 0 Å². The molecule has 0 fully saturated rings. The number of nitrogens with one attached hydrogen (secondary N) is 1. The van der Waals surface area contributed by atoms with Gasteiger partial charge in [-0.1, -0.05) is 13.8 Å². The molecule has 9 nitrogen and oxygen atoms in total. The summed E-state index contributed by atoms with van der Waals surface area (Å²) < 4.78 is 6.67. The van der Waals surface area contributed by atoms with Crippen molar-refractivity contribution in [3.8, 4) is 5.75 Å². The minimum Gasteiger partial charge on any atom is -0.497 e. The standard InChI is InChI=1S/C19H26N6O3/c1-4-23(5-2)11-10-20-17(26)16-18(27)25-13-12-24(19(25)22-21-16)14-6-8-15(28-3)9-7-14/h6-9H,4-5,10-13H2,1-3H3,(H,20,26). The second-order valence-corrected chi connectivity index (χ2v) is 6.44. The summed E-state index contributed by atoms with van der Waals surface area (Å²) in [6.45, 7) is 8.18. The Morgan fingerprint density at radius 1 is 1.18 bits per heavy atom. The van der Waals surface area contributed by atoms with Crippen molar-refractivity contribution in [3.63, 3.8) is 0 Å². The van der Waals surface area contributed by atoms with Gasteiger partial charge in [-0.25, -0.2) is 0 Å². The fourth-order valence-electron chi connectivity index (χ4n) is 3.21. The highest BCUT2D eigenvalue weighted by Crippen LogP contribution is 2.28. The van der Waals surface area contributed by atoms with Crippen LogP contribution >= 0.6 is 0 Å². The Morgan fingerprint density at radius 3 is 2.54 bits per heavy atom. The first-order valence-corrected chi connectivity index (χ1v) is 9.48. The smallest absolute Gasteiger partial charge is 0.286 e. The van der Waals surface area contributed by atoms with Crippen molar-refractivity contribution in [1.29, 1.82) is 0 Å². The summed E-state index contributed by atoms with van der Waals surface area (Å²) in [6, 6.07) is 7.49. The van der Waals surface area contributed by atoms with E-state index in [0.717, 1.165) is 31.1 Å². The molecule has 1 aliphatic rings. The number of carbonyl (C=O) groups excluding carboxylic acids is 1. The number of anilines is 2. The number of fused-ring (bicyclic) bond motifs is 1. The van der Waals surface area contributed by atoms with E-state index in [-0.39, 0.29) is 5.69 Å². The molecule has 1 amide bonds. The number of hydrogen-bond donors (Lipinski definition) is 1. The number of amides is 1. The monoisotopic (exact) mass is 386 g/mol. The van der Waals surface area contributed by atoms with Gasteiger partial charge in [0, 0.05) is 31.9 Å². The highest BCUT2D eigenvalue weighted by molar-refractivity contribution is 5.91. The molecule has 0 saturated heterocycles. The van der Waals surface area contributed by atoms with E-state index in [1.165, 1.54) is 4.57 Å². The maximum absolute atomic E-state index is 12.7. The molecule has 1 aromatic carbocycles. The third kappa shape index (κ3) is 3.99. The zero-order valence-corrected chi connectivity index (χ0v) is 16.5. The SMILES string of the molecule is CCN(CC)CCNC(=O)c1nnc2n(c1=O)CCN2c1ccc(OC)cc1. The predicted molar refractivity (Wildman–Crippen MR) is 106 cm³/mol. The van der Waals surface area contributed by atoms with E-state index < -0.39 is 11.5 Å². The van der Waals surface area contributed by atoms with Gasteiger partial charge in [0.15, 0.2) is 0 Å². The van der Waals surface area contributed by atoms with Crippen LogP contribution in [-0.2, 0) is 6.54 Å². The first-order chi connectivity index (χ1) is 13.6. The van der Waals surface area contributed by atoms with Crippen molar-refractivity contribution in [2.45, 2.75) is 20.4 Å². The zero-order valence-electron chi connectivity index (χ0n) is 16.5. The third-order valence-corrected chi connectivity index (χ3v) is 4.92. The van der Waals surface area contributed by atoms with Gasteiger partial charge in [0.25, 0.3) is 11.5 Å². The fourth-order valence-corrected chi connectivity index (χ4v) is 3.21. The molecule has 1 aliphatic heterocycles. The molecule has 0 radical (unpaired) electrons. The second kappa shape index (κ2) is 8.83. The molecular formula is C19H26N6O3. The van der Waals surface area contributed by atoms with Crippen LogP contribution in [0.2, 0.25) is 0 Å². The summed E-state index contributed by atoms with van der Waals surface area (Å²) in [5.41, 5.74) is 0.304. The van der Waals surface area contributed by atoms with Crippen LogP contribution in [0.25, 0.3) is 0 Å². The Morgan fingerprint density at radius 2 is 1.89 bits per heavy atom. The van der Waals surface area contributed by atoms with Crippen molar-refractivity contribution >= 4 is 17.5 Å². The lowest BCUT2D eigenvalue weighted by molar-refractivity contribution is 0.0940. The minimum absolute atomic E-state index is 0.167. The number of ether oxygens (including phenoxy) is 1. The minimum atomic E-state index is -0.483. The highest BCUT2D eigenvalue weighted by atomic mass is 16.5. The predicted octanol–water partition coefficient (Wildman–Crippen LogP) is 0.870. The van der Waals surface area contributed by atoms with Crippen molar-refractivity contribution in [2.75, 3.05) is 44.7 Å². The van der Waals surface area contributed by atoms with Crippen molar-refractivity contribution < 1.29 is 9.53 Å². The Balaban J connectivity index is 1.74. The van der Waals surface area contributed by atoms with Crippen LogP contribution in [-0.4, -0.2) is 65.4 Å². The average Bonchev–Trinajstić information content (AvgIpc) is 3.16. The van der Waals surface area contributed by atoms with E-state index in [1.807, 2.05) is 29.2 Å². The molecule has 9 heteroatoms. The number of benzene rings is 1. The summed E-state index contributed by atoms with van der Waals surface area (Å²) >= 11 is 0. The summed E-state index contributed by atoms with van der Waals surface area (Å²) in [4.78, 5) is 29.2. The molecule has 0 bridgehead atoms. The molecule has 2 aromatic rings. The van der Waals surface area contributed by atoms with Gasteiger partial charge in [-0.3, -0.25) is 14.2 Å². The van der Waals surface area contributed by atoms with Crippen LogP contribution in [0.1, 0.15) is 24.3 Å². The lowest BCUT2D eigenvalue weighted by Crippen LogP contribution is -2.39. The van der Waals surface area contributed by atoms with Gasteiger partial charge in [-0.05, 0) is 37.4 Å². The lowest BCUT2D eigenvalue weighted by atomic mass is 10.3. The number of aromatic nitrogens is 3. The average molecular weight is 386 g/mol. The van der Waals surface area contributed by atoms with E-state index in [9.17, 15) is 9.59 Å². The third-order valence-electron chi connectivity index (χ3n) is 4.92. The van der Waals surface area contributed by atoms with Crippen molar-refractivity contribution in [1.82, 2.24) is 25.0 Å². The van der Waals surface area contributed by atoms with Crippen LogP contribution in [0.5, 0.6) is 5.75 Å². The lowest BCUT2D eigenvalue weighted by Gasteiger charge is -2.18. The Labute approximate surface area is 163 Å². The van der Waals surface area contributed by atoms with E-state index in [0.29, 0.717) is 25.6 Å². The number of nitrogens with zero attached hydrogens (tertiary/aromatic N) is 5. The Kier molecular flexibility index (Phi) is 6.25. The van der Waals surface area contributed by atoms with E-state index >= 15 is 0 Å². The first kappa shape index (κ1) is 19.8. The quantitative estimate of drug-likeness (QED) is 0.720. The number of methoxy groups -OCH3 is 1. The molecule has 0 aliphatic carbocycles. The van der Waals surface area contributed by atoms with Crippen LogP contribution in [0.4, 0.5) is 11.6 Å². The van der Waals surface area contributed by atoms with Gasteiger partial charge in [0.05, 0.1) is 7.11 Å². The Bertz CT molecular complexity index is 876. The topological polar surface area (TPSA) is 92.6 Å². The summed E-state index contributed by atoms with van der Waals surface area (Å²) in [5, 5.41) is 10.8. The molecule has 1 N–H and O–H groups in total. The maximum Gasteiger partial charge on any atom is 0.286 e. The second-order valence-electron chi connectivity index (χ2n) is 6.44. The molecule has 0 spiro atoms. The van der Waals surface area contributed by atoms with Crippen LogP contribution in [0.3, 0.4) is 0 Å². The van der Waals surface area contributed by atoms with Gasteiger partial charge in [-0.2, -0.15) is 0 Å². The van der Waals surface area contributed by atoms with Gasteiger partial charge < -0.3 is 19.9 Å². The first-order valence-electron chi connectivity index (χ1n) is 9.48. The van der Waals surface area contributed by atoms with Crippen LogP contribution in [0.15, 0.2) is 29.1 Å². The molecule has 150 valence electrons. The molecule has 0 atom stereocenters. The van der Waals surface area contributed by atoms with Gasteiger partial charge in [0.2, 0.25) is 11.6 Å². The summed E-state index contributed by atoms with van der Waals surface area (Å²) in [5.74, 6) is 0.709. The number of rotatable bonds is 8. The molecule has 0 saturated carbocycles. The number of likely N-dealkylation sites (N-methyl/N-ethyl adjacent to an activating group) is 1. The molecule has 3 rings (SSSR count). The zero-order chi connectivity index (χ0) is 20.1. The number of hydrogen-bond acceptors (Lipinski definition) is 7. The fraction of sp³-hybridized carbons (Fsp3) is 0.474. The van der Waals surface area contributed by atoms with Crippen molar-refractivity contribution in [3.05, 3.63) is 40.3 Å². The van der Waals surface area contributed by atoms with E-state index in [4.69, 9.17) is 4.74 Å². The normalized spacial score (nSPS) is 12.9. The Hall–Kier alpha value is -2.94. The summed E-state index contributed by atoms with van der Waals surface area (Å²) in [6.07, 6.45) is 0. The van der Waals surface area contributed by atoms with Gasteiger partial charge in [-0.15, -0.1) is 10.2 Å². The molecule has 1 aromatic heterocycles. The van der Waals surface area contributed by atoms with E-state index in [2.05, 4.69) is 34.3 Å². The van der Waals surface area contributed by atoms with Crippen LogP contribution < -0.4 is 20.5 Å².